The van der Waals surface area contributed by atoms with Crippen LogP contribution in [0, 0.1) is 0 Å². The molecule has 1 amide bonds. The number of nitrogens with zero attached hydrogens (tertiary/aromatic N) is 1. The van der Waals surface area contributed by atoms with Gasteiger partial charge in [0.2, 0.25) is 0 Å². The van der Waals surface area contributed by atoms with Crippen molar-refractivity contribution in [2.24, 2.45) is 0 Å². The van der Waals surface area contributed by atoms with Crippen LogP contribution < -0.4 is 5.69 Å². The van der Waals surface area contributed by atoms with E-state index in [1.54, 1.807) is 18.2 Å². The number of nitrogens with one attached hydrogen (secondary N) is 2. The highest BCUT2D eigenvalue weighted by molar-refractivity contribution is 5.97. The van der Waals surface area contributed by atoms with Crippen molar-refractivity contribution in [3.63, 3.8) is 0 Å². The molecule has 0 unspecified atom stereocenters. The minimum absolute atomic E-state index is 0.0182. The Balaban J connectivity index is 1.36. The third kappa shape index (κ3) is 4.11. The second kappa shape index (κ2) is 7.80. The maximum absolute atomic E-state index is 12.9. The molecule has 1 aliphatic heterocycles. The van der Waals surface area contributed by atoms with Crippen molar-refractivity contribution in [2.45, 2.75) is 25.4 Å². The Morgan fingerprint density at radius 2 is 1.93 bits per heavy atom. The van der Waals surface area contributed by atoms with Gasteiger partial charge in [-0.05, 0) is 43.0 Å². The predicted octanol–water partition coefficient (Wildman–Crippen LogP) is 2.72. The maximum Gasteiger partial charge on any atom is 0.323 e. The SMILES string of the molecule is O=C(c1ccc2[nH]c(=O)[nH]c2c1)N1CCO[C@H](CCCc2ccccc2)C1. The molecule has 1 aromatic heterocycles. The van der Waals surface area contributed by atoms with E-state index in [-0.39, 0.29) is 17.7 Å². The lowest BCUT2D eigenvalue weighted by atomic mass is 10.0. The van der Waals surface area contributed by atoms with E-state index in [1.807, 2.05) is 11.0 Å². The zero-order valence-electron chi connectivity index (χ0n) is 15.1. The number of carbonyl (C=O) groups is 1. The first-order valence-electron chi connectivity index (χ1n) is 9.36. The van der Waals surface area contributed by atoms with Crippen LogP contribution in [0.15, 0.2) is 53.3 Å². The summed E-state index contributed by atoms with van der Waals surface area (Å²) in [4.78, 5) is 31.5. The first-order valence-corrected chi connectivity index (χ1v) is 9.36. The fourth-order valence-corrected chi connectivity index (χ4v) is 3.61. The van der Waals surface area contributed by atoms with E-state index >= 15 is 0 Å². The molecule has 2 heterocycles. The molecule has 2 aromatic carbocycles. The summed E-state index contributed by atoms with van der Waals surface area (Å²) in [6.07, 6.45) is 3.06. The van der Waals surface area contributed by atoms with Gasteiger partial charge in [0, 0.05) is 18.7 Å². The number of benzene rings is 2. The van der Waals surface area contributed by atoms with E-state index < -0.39 is 0 Å². The number of morpholine rings is 1. The van der Waals surface area contributed by atoms with E-state index in [4.69, 9.17) is 4.74 Å². The van der Waals surface area contributed by atoms with E-state index in [0.29, 0.717) is 36.3 Å². The highest BCUT2D eigenvalue weighted by atomic mass is 16.5. The third-order valence-electron chi connectivity index (χ3n) is 5.02. The summed E-state index contributed by atoms with van der Waals surface area (Å²) in [5, 5.41) is 0. The lowest BCUT2D eigenvalue weighted by Gasteiger charge is -2.33. The molecule has 0 bridgehead atoms. The van der Waals surface area contributed by atoms with Crippen molar-refractivity contribution in [1.29, 1.82) is 0 Å². The largest absolute Gasteiger partial charge is 0.375 e. The van der Waals surface area contributed by atoms with Gasteiger partial charge in [-0.3, -0.25) is 4.79 Å². The van der Waals surface area contributed by atoms with E-state index in [9.17, 15) is 9.59 Å². The van der Waals surface area contributed by atoms with Crippen LogP contribution in [0.2, 0.25) is 0 Å². The number of fused-ring (bicyclic) bond motifs is 1. The molecule has 6 heteroatoms. The topological polar surface area (TPSA) is 78.2 Å². The lowest BCUT2D eigenvalue weighted by Crippen LogP contribution is -2.45. The van der Waals surface area contributed by atoms with Crippen molar-refractivity contribution in [1.82, 2.24) is 14.9 Å². The Labute approximate surface area is 157 Å². The van der Waals surface area contributed by atoms with Crippen molar-refractivity contribution >= 4 is 16.9 Å². The zero-order valence-corrected chi connectivity index (χ0v) is 15.1. The van der Waals surface area contributed by atoms with Crippen LogP contribution in [0.3, 0.4) is 0 Å². The minimum Gasteiger partial charge on any atom is -0.375 e. The number of ether oxygens (including phenoxy) is 1. The number of aryl methyl sites for hydroxylation is 1. The van der Waals surface area contributed by atoms with Gasteiger partial charge in [0.05, 0.1) is 23.7 Å². The van der Waals surface area contributed by atoms with Crippen molar-refractivity contribution in [3.8, 4) is 0 Å². The first-order chi connectivity index (χ1) is 13.2. The second-order valence-corrected chi connectivity index (χ2v) is 6.96. The third-order valence-corrected chi connectivity index (χ3v) is 5.02. The Morgan fingerprint density at radius 1 is 1.11 bits per heavy atom. The summed E-state index contributed by atoms with van der Waals surface area (Å²) in [5.41, 5.74) is 3.01. The summed E-state index contributed by atoms with van der Waals surface area (Å²) in [6.45, 7) is 1.76. The normalized spacial score (nSPS) is 17.3. The van der Waals surface area contributed by atoms with E-state index in [0.717, 1.165) is 19.3 Å². The van der Waals surface area contributed by atoms with Crippen molar-refractivity contribution in [2.75, 3.05) is 19.7 Å². The molecule has 27 heavy (non-hydrogen) atoms. The van der Waals surface area contributed by atoms with Crippen molar-refractivity contribution in [3.05, 3.63) is 70.1 Å². The summed E-state index contributed by atoms with van der Waals surface area (Å²) in [6, 6.07) is 15.7. The Morgan fingerprint density at radius 3 is 2.78 bits per heavy atom. The van der Waals surface area contributed by atoms with Gasteiger partial charge in [-0.2, -0.15) is 0 Å². The van der Waals surface area contributed by atoms with Gasteiger partial charge in [-0.1, -0.05) is 30.3 Å². The Kier molecular flexibility index (Phi) is 5.07. The summed E-state index contributed by atoms with van der Waals surface area (Å²) >= 11 is 0. The number of aromatic nitrogens is 2. The van der Waals surface area contributed by atoms with Crippen LogP contribution in [0.1, 0.15) is 28.8 Å². The average Bonchev–Trinajstić information content (AvgIpc) is 3.07. The number of amides is 1. The van der Waals surface area contributed by atoms with E-state index in [2.05, 4.69) is 34.2 Å². The van der Waals surface area contributed by atoms with Gasteiger partial charge in [0.15, 0.2) is 0 Å². The number of hydrogen-bond acceptors (Lipinski definition) is 3. The molecule has 0 radical (unpaired) electrons. The van der Waals surface area contributed by atoms with Gasteiger partial charge in [0.25, 0.3) is 5.91 Å². The quantitative estimate of drug-likeness (QED) is 0.730. The van der Waals surface area contributed by atoms with Crippen LogP contribution in [0.4, 0.5) is 0 Å². The highest BCUT2D eigenvalue weighted by Gasteiger charge is 2.25. The average molecular weight is 365 g/mol. The summed E-state index contributed by atoms with van der Waals surface area (Å²) in [7, 11) is 0. The van der Waals surface area contributed by atoms with Crippen molar-refractivity contribution < 1.29 is 9.53 Å². The molecular formula is C21H23N3O3. The fourth-order valence-electron chi connectivity index (χ4n) is 3.61. The second-order valence-electron chi connectivity index (χ2n) is 6.96. The molecule has 6 nitrogen and oxygen atoms in total. The van der Waals surface area contributed by atoms with Crippen LogP contribution in [-0.4, -0.2) is 46.6 Å². The van der Waals surface area contributed by atoms with Crippen LogP contribution in [0.5, 0.6) is 0 Å². The number of hydrogen-bond donors (Lipinski definition) is 2. The molecule has 3 aromatic rings. The monoisotopic (exact) mass is 365 g/mol. The van der Waals surface area contributed by atoms with Crippen LogP contribution in [-0.2, 0) is 11.2 Å². The number of imidazole rings is 1. The highest BCUT2D eigenvalue weighted by Crippen LogP contribution is 2.17. The zero-order chi connectivity index (χ0) is 18.6. The molecule has 1 aliphatic rings. The lowest BCUT2D eigenvalue weighted by molar-refractivity contribution is -0.0254. The number of H-pyrrole nitrogens is 2. The molecule has 0 saturated carbocycles. The molecule has 1 saturated heterocycles. The van der Waals surface area contributed by atoms with Gasteiger partial charge >= 0.3 is 5.69 Å². The van der Waals surface area contributed by atoms with Gasteiger partial charge in [-0.15, -0.1) is 0 Å². The number of carbonyl (C=O) groups excluding carboxylic acids is 1. The molecule has 4 rings (SSSR count). The standard InChI is InChI=1S/C21H23N3O3/c25-20(16-9-10-18-19(13-16)23-21(26)22-18)24-11-12-27-17(14-24)8-4-7-15-5-2-1-3-6-15/h1-3,5-6,9-10,13,17H,4,7-8,11-12,14H2,(H2,22,23,26)/t17-/m1/s1. The van der Waals surface area contributed by atoms with E-state index in [1.165, 1.54) is 5.56 Å². The van der Waals surface area contributed by atoms with Gasteiger partial charge in [0.1, 0.15) is 0 Å². The molecule has 140 valence electrons. The Hall–Kier alpha value is -2.86. The summed E-state index contributed by atoms with van der Waals surface area (Å²) < 4.78 is 5.86. The maximum atomic E-state index is 12.9. The van der Waals surface area contributed by atoms with Crippen LogP contribution in [0.25, 0.3) is 11.0 Å². The van der Waals surface area contributed by atoms with Gasteiger partial charge < -0.3 is 19.6 Å². The molecular weight excluding hydrogens is 342 g/mol. The molecule has 2 N–H and O–H groups in total. The summed E-state index contributed by atoms with van der Waals surface area (Å²) in [5.74, 6) is -0.0182. The number of rotatable bonds is 5. The Bertz CT molecular complexity index is 977. The smallest absolute Gasteiger partial charge is 0.323 e. The molecule has 1 fully saturated rings. The predicted molar refractivity (Wildman–Crippen MR) is 104 cm³/mol. The fraction of sp³-hybridized carbons (Fsp3) is 0.333. The van der Waals surface area contributed by atoms with Crippen LogP contribution >= 0.6 is 0 Å². The molecule has 1 atom stereocenters. The number of aromatic amines is 2. The first kappa shape index (κ1) is 17.5. The minimum atomic E-state index is -0.264. The molecule has 0 spiro atoms. The van der Waals surface area contributed by atoms with Gasteiger partial charge in [-0.25, -0.2) is 4.79 Å². The molecule has 0 aliphatic carbocycles.